The molecular formula is C21H24BrNO4S. The number of benzene rings is 2. The molecule has 1 amide bonds. The first-order valence-corrected chi connectivity index (χ1v) is 11.9. The van der Waals surface area contributed by atoms with Crippen molar-refractivity contribution in [2.45, 2.75) is 36.1 Å². The summed E-state index contributed by atoms with van der Waals surface area (Å²) >= 11 is 3.45. The van der Waals surface area contributed by atoms with Crippen molar-refractivity contribution in [1.82, 2.24) is 5.32 Å². The quantitative estimate of drug-likeness (QED) is 0.728. The van der Waals surface area contributed by atoms with E-state index in [1.165, 1.54) is 6.26 Å². The van der Waals surface area contributed by atoms with Crippen LogP contribution in [0.3, 0.4) is 0 Å². The van der Waals surface area contributed by atoms with E-state index in [4.69, 9.17) is 4.74 Å². The first-order chi connectivity index (χ1) is 13.2. The largest absolute Gasteiger partial charge is 0.381 e. The predicted molar refractivity (Wildman–Crippen MR) is 112 cm³/mol. The molecule has 2 aromatic carbocycles. The van der Waals surface area contributed by atoms with E-state index in [1.54, 1.807) is 24.3 Å². The Bertz CT molecular complexity index is 933. The Balaban J connectivity index is 1.82. The number of nitrogens with one attached hydrogen (secondary N) is 1. The van der Waals surface area contributed by atoms with Crippen LogP contribution in [0, 0.1) is 0 Å². The van der Waals surface area contributed by atoms with Crippen molar-refractivity contribution in [1.29, 1.82) is 0 Å². The van der Waals surface area contributed by atoms with Gasteiger partial charge < -0.3 is 10.1 Å². The summed E-state index contributed by atoms with van der Waals surface area (Å²) in [7, 11) is -3.24. The molecule has 5 nitrogen and oxygen atoms in total. The van der Waals surface area contributed by atoms with Crippen molar-refractivity contribution in [3.8, 4) is 0 Å². The van der Waals surface area contributed by atoms with Gasteiger partial charge in [0.1, 0.15) is 0 Å². The summed E-state index contributed by atoms with van der Waals surface area (Å²) in [6.45, 7) is 2.99. The summed E-state index contributed by atoms with van der Waals surface area (Å²) in [5, 5.41) is 3.12. The number of rotatable bonds is 5. The van der Waals surface area contributed by atoms with Gasteiger partial charge in [-0.25, -0.2) is 8.42 Å². The van der Waals surface area contributed by atoms with Crippen LogP contribution < -0.4 is 5.32 Å². The molecule has 0 spiro atoms. The lowest BCUT2D eigenvalue weighted by Crippen LogP contribution is -2.48. The van der Waals surface area contributed by atoms with Crippen LogP contribution in [0.25, 0.3) is 0 Å². The van der Waals surface area contributed by atoms with Gasteiger partial charge >= 0.3 is 0 Å². The molecule has 1 fully saturated rings. The van der Waals surface area contributed by atoms with E-state index in [9.17, 15) is 13.2 Å². The van der Waals surface area contributed by atoms with Gasteiger partial charge in [0.25, 0.3) is 0 Å². The van der Waals surface area contributed by atoms with Gasteiger partial charge in [-0.05, 0) is 55.2 Å². The highest BCUT2D eigenvalue weighted by atomic mass is 79.9. The van der Waals surface area contributed by atoms with E-state index in [-0.39, 0.29) is 16.8 Å². The topological polar surface area (TPSA) is 72.5 Å². The maximum Gasteiger partial charge on any atom is 0.231 e. The molecule has 1 atom stereocenters. The average molecular weight is 466 g/mol. The van der Waals surface area contributed by atoms with Gasteiger partial charge in [0.15, 0.2) is 9.84 Å². The third-order valence-electron chi connectivity index (χ3n) is 5.33. The molecule has 0 radical (unpaired) electrons. The lowest BCUT2D eigenvalue weighted by Gasteiger charge is -2.37. The number of ether oxygens (including phenoxy) is 1. The molecule has 1 heterocycles. The number of hydrogen-bond acceptors (Lipinski definition) is 4. The first kappa shape index (κ1) is 21.0. The maximum absolute atomic E-state index is 13.3. The van der Waals surface area contributed by atoms with Crippen LogP contribution >= 0.6 is 15.9 Å². The monoisotopic (exact) mass is 465 g/mol. The van der Waals surface area contributed by atoms with E-state index in [1.807, 2.05) is 31.2 Å². The standard InChI is InChI=1S/C21H24BrNO4S/c1-15(16-3-9-19(10-4-16)28(2,25)26)23-20(24)21(11-13-27-14-12-21)17-5-7-18(22)8-6-17/h3-10,15H,11-14H2,1-2H3,(H,23,24). The average Bonchev–Trinajstić information content (AvgIpc) is 2.68. The van der Waals surface area contributed by atoms with Gasteiger partial charge in [0, 0.05) is 23.9 Å². The molecule has 0 saturated carbocycles. The van der Waals surface area contributed by atoms with Crippen LogP contribution in [0.5, 0.6) is 0 Å². The molecule has 28 heavy (non-hydrogen) atoms. The third kappa shape index (κ3) is 4.47. The Morgan fingerprint density at radius 2 is 1.64 bits per heavy atom. The minimum atomic E-state index is -3.24. The van der Waals surface area contributed by atoms with Gasteiger partial charge in [-0.2, -0.15) is 0 Å². The molecule has 1 aliphatic heterocycles. The lowest BCUT2D eigenvalue weighted by atomic mass is 9.73. The Hall–Kier alpha value is -1.70. The number of halogens is 1. The predicted octanol–water partition coefficient (Wildman–Crippen LogP) is 3.78. The van der Waals surface area contributed by atoms with E-state index < -0.39 is 15.3 Å². The van der Waals surface area contributed by atoms with Crippen molar-refractivity contribution in [3.63, 3.8) is 0 Å². The molecule has 1 aliphatic rings. The van der Waals surface area contributed by atoms with Crippen LogP contribution in [-0.4, -0.2) is 33.8 Å². The van der Waals surface area contributed by atoms with Crippen LogP contribution in [0.4, 0.5) is 0 Å². The maximum atomic E-state index is 13.3. The van der Waals surface area contributed by atoms with Gasteiger partial charge in [-0.1, -0.05) is 40.2 Å². The van der Waals surface area contributed by atoms with Gasteiger partial charge in [0.2, 0.25) is 5.91 Å². The fourth-order valence-corrected chi connectivity index (χ4v) is 4.45. The summed E-state index contributed by atoms with van der Waals surface area (Å²) in [6.07, 6.45) is 2.43. The molecule has 3 rings (SSSR count). The first-order valence-electron chi connectivity index (χ1n) is 9.17. The zero-order chi connectivity index (χ0) is 20.4. The number of carbonyl (C=O) groups is 1. The summed E-state index contributed by atoms with van der Waals surface area (Å²) in [6, 6.07) is 14.3. The number of hydrogen-bond donors (Lipinski definition) is 1. The minimum absolute atomic E-state index is 0.0298. The molecule has 1 saturated heterocycles. The second-order valence-electron chi connectivity index (χ2n) is 7.24. The summed E-state index contributed by atoms with van der Waals surface area (Å²) in [5.41, 5.74) is 1.22. The number of sulfone groups is 1. The fourth-order valence-electron chi connectivity index (χ4n) is 3.56. The molecule has 0 bridgehead atoms. The minimum Gasteiger partial charge on any atom is -0.381 e. The van der Waals surface area contributed by atoms with Crippen LogP contribution in [0.1, 0.15) is 36.9 Å². The van der Waals surface area contributed by atoms with Crippen molar-refractivity contribution in [2.75, 3.05) is 19.5 Å². The molecule has 7 heteroatoms. The Morgan fingerprint density at radius 1 is 1.07 bits per heavy atom. The van der Waals surface area contributed by atoms with Crippen molar-refractivity contribution >= 4 is 31.7 Å². The highest BCUT2D eigenvalue weighted by Crippen LogP contribution is 2.36. The number of amides is 1. The molecule has 1 N–H and O–H groups in total. The van der Waals surface area contributed by atoms with Crippen LogP contribution in [0.15, 0.2) is 57.9 Å². The Kier molecular flexibility index (Phi) is 6.27. The second-order valence-corrected chi connectivity index (χ2v) is 10.2. The Morgan fingerprint density at radius 3 is 2.18 bits per heavy atom. The highest BCUT2D eigenvalue weighted by molar-refractivity contribution is 9.10. The molecular weight excluding hydrogens is 442 g/mol. The SMILES string of the molecule is CC(NC(=O)C1(c2ccc(Br)cc2)CCOCC1)c1ccc(S(C)(=O)=O)cc1. The molecule has 1 unspecified atom stereocenters. The highest BCUT2D eigenvalue weighted by Gasteiger charge is 2.42. The van der Waals surface area contributed by atoms with Gasteiger partial charge in [-0.15, -0.1) is 0 Å². The van der Waals surface area contributed by atoms with Crippen molar-refractivity contribution < 1.29 is 17.9 Å². The number of carbonyl (C=O) groups excluding carboxylic acids is 1. The Labute approximate surface area is 174 Å². The third-order valence-corrected chi connectivity index (χ3v) is 6.99. The normalized spacial score (nSPS) is 17.7. The van der Waals surface area contributed by atoms with Crippen molar-refractivity contribution in [3.05, 3.63) is 64.1 Å². The van der Waals surface area contributed by atoms with E-state index in [0.29, 0.717) is 26.1 Å². The fraction of sp³-hybridized carbons (Fsp3) is 0.381. The smallest absolute Gasteiger partial charge is 0.231 e. The van der Waals surface area contributed by atoms with Gasteiger partial charge in [-0.3, -0.25) is 4.79 Å². The zero-order valence-corrected chi connectivity index (χ0v) is 18.3. The summed E-state index contributed by atoms with van der Waals surface area (Å²) in [5.74, 6) is -0.0298. The van der Waals surface area contributed by atoms with E-state index >= 15 is 0 Å². The summed E-state index contributed by atoms with van der Waals surface area (Å²) in [4.78, 5) is 13.6. The molecule has 150 valence electrons. The molecule has 0 aliphatic carbocycles. The molecule has 0 aromatic heterocycles. The summed E-state index contributed by atoms with van der Waals surface area (Å²) < 4.78 is 29.8. The zero-order valence-electron chi connectivity index (χ0n) is 15.9. The van der Waals surface area contributed by atoms with Crippen LogP contribution in [-0.2, 0) is 24.8 Å². The van der Waals surface area contributed by atoms with Gasteiger partial charge in [0.05, 0.1) is 16.4 Å². The second kappa shape index (κ2) is 8.35. The van der Waals surface area contributed by atoms with E-state index in [0.717, 1.165) is 15.6 Å². The van der Waals surface area contributed by atoms with Crippen LogP contribution in [0.2, 0.25) is 0 Å². The van der Waals surface area contributed by atoms with Crippen molar-refractivity contribution in [2.24, 2.45) is 0 Å². The lowest BCUT2D eigenvalue weighted by molar-refractivity contribution is -0.131. The van der Waals surface area contributed by atoms with E-state index in [2.05, 4.69) is 21.2 Å². The molecule has 2 aromatic rings.